The minimum atomic E-state index is 0.00546. The molecular weight excluding hydrogens is 202 g/mol. The van der Waals surface area contributed by atoms with E-state index < -0.39 is 0 Å². The Bertz CT molecular complexity index is 202. The largest absolute Gasteiger partial charge is 0.356 e. The number of ketones is 1. The Labute approximate surface area is 99.0 Å². The van der Waals surface area contributed by atoms with Crippen LogP contribution in [0.15, 0.2) is 0 Å². The molecule has 0 saturated carbocycles. The number of nitrogens with one attached hydrogen (secondary N) is 1. The first-order chi connectivity index (χ1) is 7.66. The predicted octanol–water partition coefficient (Wildman–Crippen LogP) is 2.83. The Hall–Kier alpha value is -0.860. The van der Waals surface area contributed by atoms with E-state index in [-0.39, 0.29) is 5.91 Å². The van der Waals surface area contributed by atoms with Crippen LogP contribution < -0.4 is 5.32 Å². The first kappa shape index (κ1) is 15.1. The van der Waals surface area contributed by atoms with Crippen LogP contribution in [0.2, 0.25) is 0 Å². The van der Waals surface area contributed by atoms with Gasteiger partial charge in [0.25, 0.3) is 0 Å². The van der Waals surface area contributed by atoms with Gasteiger partial charge in [-0.2, -0.15) is 0 Å². The summed E-state index contributed by atoms with van der Waals surface area (Å²) in [5.41, 5.74) is 0. The molecule has 16 heavy (non-hydrogen) atoms. The second kappa shape index (κ2) is 10.7. The number of Topliss-reactive ketones (excluding diaryl/α,β-unsaturated/α-hetero) is 1. The lowest BCUT2D eigenvalue weighted by Crippen LogP contribution is -2.20. The summed E-state index contributed by atoms with van der Waals surface area (Å²) in [6.45, 7) is 4.38. The topological polar surface area (TPSA) is 46.2 Å². The summed E-state index contributed by atoms with van der Waals surface area (Å²) in [5, 5.41) is 2.73. The van der Waals surface area contributed by atoms with E-state index in [0.717, 1.165) is 25.7 Å². The number of hydrogen-bond donors (Lipinski definition) is 1. The lowest BCUT2D eigenvalue weighted by molar-refractivity contribution is -0.119. The molecule has 0 saturated heterocycles. The Morgan fingerprint density at radius 3 is 2.12 bits per heavy atom. The molecule has 94 valence electrons. The zero-order valence-electron chi connectivity index (χ0n) is 10.7. The zero-order valence-corrected chi connectivity index (χ0v) is 10.7. The maximum absolute atomic E-state index is 11.4. The summed E-state index contributed by atoms with van der Waals surface area (Å²) in [6.07, 6.45) is 7.87. The number of rotatable bonds is 10. The molecule has 3 heteroatoms. The van der Waals surface area contributed by atoms with Gasteiger partial charge >= 0.3 is 0 Å². The summed E-state index contributed by atoms with van der Waals surface area (Å²) in [5.74, 6) is 0.379. The number of hydrogen-bond acceptors (Lipinski definition) is 2. The van der Waals surface area contributed by atoms with Crippen molar-refractivity contribution in [1.82, 2.24) is 5.32 Å². The molecule has 0 aromatic heterocycles. The van der Waals surface area contributed by atoms with Gasteiger partial charge in [-0.05, 0) is 19.3 Å². The van der Waals surface area contributed by atoms with E-state index in [1.807, 2.05) is 0 Å². The highest BCUT2D eigenvalue weighted by Gasteiger charge is 2.01. The molecule has 0 aliphatic rings. The highest BCUT2D eigenvalue weighted by atomic mass is 16.1. The summed E-state index contributed by atoms with van der Waals surface area (Å²) >= 11 is 0. The van der Waals surface area contributed by atoms with Crippen molar-refractivity contribution in [3.63, 3.8) is 0 Å². The fraction of sp³-hybridized carbons (Fsp3) is 0.846. The van der Waals surface area contributed by atoms with E-state index in [2.05, 4.69) is 12.2 Å². The van der Waals surface area contributed by atoms with Crippen molar-refractivity contribution in [2.24, 2.45) is 0 Å². The third-order valence-corrected chi connectivity index (χ3v) is 2.57. The smallest absolute Gasteiger partial charge is 0.216 e. The number of unbranched alkanes of at least 4 members (excludes halogenated alkanes) is 4. The van der Waals surface area contributed by atoms with E-state index in [1.165, 1.54) is 26.2 Å². The lowest BCUT2D eigenvalue weighted by Gasteiger charge is -2.02. The van der Waals surface area contributed by atoms with Crippen LogP contribution >= 0.6 is 0 Å². The average Bonchev–Trinajstić information content (AvgIpc) is 2.23. The Morgan fingerprint density at radius 2 is 1.56 bits per heavy atom. The second-order valence-corrected chi connectivity index (χ2v) is 4.29. The van der Waals surface area contributed by atoms with Crippen LogP contribution in [-0.2, 0) is 9.59 Å². The van der Waals surface area contributed by atoms with Crippen molar-refractivity contribution in [1.29, 1.82) is 0 Å². The zero-order chi connectivity index (χ0) is 12.2. The van der Waals surface area contributed by atoms with Gasteiger partial charge in [-0.3, -0.25) is 9.59 Å². The van der Waals surface area contributed by atoms with Gasteiger partial charge < -0.3 is 5.32 Å². The fourth-order valence-electron chi connectivity index (χ4n) is 1.59. The lowest BCUT2D eigenvalue weighted by atomic mass is 10.1. The molecule has 0 atom stereocenters. The Morgan fingerprint density at radius 1 is 0.938 bits per heavy atom. The highest BCUT2D eigenvalue weighted by molar-refractivity contribution is 5.78. The molecular formula is C13H25NO2. The maximum atomic E-state index is 11.4. The normalized spacial score (nSPS) is 10.1. The van der Waals surface area contributed by atoms with Crippen LogP contribution in [0.1, 0.15) is 65.2 Å². The molecule has 0 spiro atoms. The van der Waals surface area contributed by atoms with Crippen LogP contribution in [0.4, 0.5) is 0 Å². The van der Waals surface area contributed by atoms with E-state index in [0.29, 0.717) is 18.7 Å². The van der Waals surface area contributed by atoms with Crippen molar-refractivity contribution in [2.45, 2.75) is 65.2 Å². The standard InChI is InChI=1S/C13H25NO2/c1-3-4-5-6-9-13(16)10-7-8-11-14-12(2)15/h3-11H2,1-2H3,(H,14,15). The molecule has 1 N–H and O–H groups in total. The monoisotopic (exact) mass is 227 g/mol. The minimum Gasteiger partial charge on any atom is -0.356 e. The summed E-state index contributed by atoms with van der Waals surface area (Å²) in [4.78, 5) is 22.0. The molecule has 0 rings (SSSR count). The SMILES string of the molecule is CCCCCCC(=O)CCCCNC(C)=O. The first-order valence-corrected chi connectivity index (χ1v) is 6.43. The average molecular weight is 227 g/mol. The van der Waals surface area contributed by atoms with Crippen LogP contribution in [-0.4, -0.2) is 18.2 Å². The fourth-order valence-corrected chi connectivity index (χ4v) is 1.59. The van der Waals surface area contributed by atoms with Crippen LogP contribution in [0, 0.1) is 0 Å². The van der Waals surface area contributed by atoms with Crippen molar-refractivity contribution in [3.8, 4) is 0 Å². The highest BCUT2D eigenvalue weighted by Crippen LogP contribution is 2.06. The van der Waals surface area contributed by atoms with E-state index >= 15 is 0 Å². The van der Waals surface area contributed by atoms with Gasteiger partial charge in [0.15, 0.2) is 0 Å². The summed E-state index contributed by atoms with van der Waals surface area (Å²) < 4.78 is 0. The van der Waals surface area contributed by atoms with Gasteiger partial charge in [0.1, 0.15) is 5.78 Å². The molecule has 0 radical (unpaired) electrons. The summed E-state index contributed by atoms with van der Waals surface area (Å²) in [6, 6.07) is 0. The first-order valence-electron chi connectivity index (χ1n) is 6.43. The molecule has 0 heterocycles. The molecule has 0 aromatic rings. The Kier molecular flexibility index (Phi) is 10.1. The van der Waals surface area contributed by atoms with Crippen LogP contribution in [0.3, 0.4) is 0 Å². The van der Waals surface area contributed by atoms with Gasteiger partial charge in [0.05, 0.1) is 0 Å². The molecule has 0 aliphatic heterocycles. The second-order valence-electron chi connectivity index (χ2n) is 4.29. The number of carbonyl (C=O) groups is 2. The molecule has 0 unspecified atom stereocenters. The van der Waals surface area contributed by atoms with Gasteiger partial charge in [0, 0.05) is 26.3 Å². The number of carbonyl (C=O) groups excluding carboxylic acids is 2. The van der Waals surface area contributed by atoms with Crippen LogP contribution in [0.25, 0.3) is 0 Å². The van der Waals surface area contributed by atoms with Crippen molar-refractivity contribution < 1.29 is 9.59 Å². The van der Waals surface area contributed by atoms with E-state index in [4.69, 9.17) is 0 Å². The third kappa shape index (κ3) is 11.2. The molecule has 3 nitrogen and oxygen atoms in total. The van der Waals surface area contributed by atoms with Crippen molar-refractivity contribution >= 4 is 11.7 Å². The van der Waals surface area contributed by atoms with Gasteiger partial charge in [-0.15, -0.1) is 0 Å². The van der Waals surface area contributed by atoms with Gasteiger partial charge in [0.2, 0.25) is 5.91 Å². The van der Waals surface area contributed by atoms with Gasteiger partial charge in [-0.25, -0.2) is 0 Å². The molecule has 0 fully saturated rings. The molecule has 0 bridgehead atoms. The van der Waals surface area contributed by atoms with Crippen molar-refractivity contribution in [2.75, 3.05) is 6.54 Å². The van der Waals surface area contributed by atoms with E-state index in [9.17, 15) is 9.59 Å². The maximum Gasteiger partial charge on any atom is 0.216 e. The van der Waals surface area contributed by atoms with E-state index in [1.54, 1.807) is 0 Å². The van der Waals surface area contributed by atoms with Crippen LogP contribution in [0.5, 0.6) is 0 Å². The quantitative estimate of drug-likeness (QED) is 0.583. The molecule has 1 amide bonds. The molecule has 0 aromatic carbocycles. The minimum absolute atomic E-state index is 0.00546. The third-order valence-electron chi connectivity index (χ3n) is 2.57. The number of amides is 1. The van der Waals surface area contributed by atoms with Crippen molar-refractivity contribution in [3.05, 3.63) is 0 Å². The summed E-state index contributed by atoms with van der Waals surface area (Å²) in [7, 11) is 0. The predicted molar refractivity (Wildman–Crippen MR) is 66.3 cm³/mol. The van der Waals surface area contributed by atoms with Gasteiger partial charge in [-0.1, -0.05) is 26.2 Å². The molecule has 0 aliphatic carbocycles. The Balaban J connectivity index is 3.20.